The van der Waals surface area contributed by atoms with Gasteiger partial charge in [0.2, 0.25) is 5.89 Å². The predicted molar refractivity (Wildman–Crippen MR) is 58.8 cm³/mol. The van der Waals surface area contributed by atoms with Gasteiger partial charge in [-0.25, -0.2) is 0 Å². The van der Waals surface area contributed by atoms with Crippen LogP contribution in [0.2, 0.25) is 0 Å². The maximum Gasteiger partial charge on any atom is 0.226 e. The molecule has 5 heteroatoms. The van der Waals surface area contributed by atoms with Crippen molar-refractivity contribution in [1.29, 1.82) is 0 Å². The van der Waals surface area contributed by atoms with E-state index in [9.17, 15) is 0 Å². The molecular weight excluding hydrogens is 206 g/mol. The molecule has 2 rings (SSSR count). The van der Waals surface area contributed by atoms with Crippen LogP contribution in [0.5, 0.6) is 0 Å². The molecule has 0 amide bonds. The fraction of sp³-hybridized carbons (Fsp3) is 0.818. The fourth-order valence-corrected chi connectivity index (χ4v) is 2.39. The lowest BCUT2D eigenvalue weighted by molar-refractivity contribution is -0.0640. The Morgan fingerprint density at radius 3 is 2.50 bits per heavy atom. The molecule has 2 heterocycles. The van der Waals surface area contributed by atoms with Crippen LogP contribution in [0.3, 0.4) is 0 Å². The highest BCUT2D eigenvalue weighted by atomic mass is 16.5. The fourth-order valence-electron chi connectivity index (χ4n) is 2.39. The van der Waals surface area contributed by atoms with Gasteiger partial charge < -0.3 is 15.0 Å². The minimum Gasteiger partial charge on any atom is -0.375 e. The van der Waals surface area contributed by atoms with Crippen molar-refractivity contribution in [3.8, 4) is 0 Å². The quantitative estimate of drug-likeness (QED) is 0.822. The molecule has 1 aliphatic rings. The van der Waals surface area contributed by atoms with Gasteiger partial charge in [0.05, 0.1) is 17.7 Å². The molecule has 1 aromatic heterocycles. The summed E-state index contributed by atoms with van der Waals surface area (Å²) in [5.74, 6) is 1.26. The van der Waals surface area contributed by atoms with Crippen molar-refractivity contribution in [3.05, 3.63) is 11.7 Å². The molecule has 1 saturated heterocycles. The van der Waals surface area contributed by atoms with Crippen molar-refractivity contribution in [2.45, 2.75) is 57.8 Å². The van der Waals surface area contributed by atoms with E-state index in [0.29, 0.717) is 11.7 Å². The van der Waals surface area contributed by atoms with E-state index in [-0.39, 0.29) is 12.2 Å². The molecule has 2 unspecified atom stereocenters. The number of rotatable bonds is 2. The lowest BCUT2D eigenvalue weighted by Crippen LogP contribution is -2.48. The highest BCUT2D eigenvalue weighted by Gasteiger charge is 2.40. The van der Waals surface area contributed by atoms with Crippen molar-refractivity contribution in [3.63, 3.8) is 0 Å². The van der Waals surface area contributed by atoms with Crippen molar-refractivity contribution < 1.29 is 9.26 Å². The first-order valence-corrected chi connectivity index (χ1v) is 5.81. The SMILES string of the molecule is CCc1nc(C2(N)CC(C)OC(C)C2)no1. The summed E-state index contributed by atoms with van der Waals surface area (Å²) in [6, 6.07) is 0. The number of aryl methyl sites for hydroxylation is 1. The van der Waals surface area contributed by atoms with E-state index < -0.39 is 5.54 Å². The van der Waals surface area contributed by atoms with Crippen LogP contribution < -0.4 is 5.73 Å². The molecule has 90 valence electrons. The zero-order chi connectivity index (χ0) is 11.8. The van der Waals surface area contributed by atoms with Crippen LogP contribution >= 0.6 is 0 Å². The lowest BCUT2D eigenvalue weighted by atomic mass is 9.84. The van der Waals surface area contributed by atoms with Crippen LogP contribution in [0.4, 0.5) is 0 Å². The zero-order valence-electron chi connectivity index (χ0n) is 10.1. The normalized spacial score (nSPS) is 35.2. The zero-order valence-corrected chi connectivity index (χ0v) is 10.1. The monoisotopic (exact) mass is 225 g/mol. The molecule has 16 heavy (non-hydrogen) atoms. The molecule has 0 radical (unpaired) electrons. The average molecular weight is 225 g/mol. The molecule has 0 spiro atoms. The Hall–Kier alpha value is -0.940. The van der Waals surface area contributed by atoms with Crippen molar-refractivity contribution in [2.75, 3.05) is 0 Å². The number of hydrogen-bond acceptors (Lipinski definition) is 5. The second kappa shape index (κ2) is 4.14. The average Bonchev–Trinajstić information content (AvgIpc) is 2.63. The van der Waals surface area contributed by atoms with Gasteiger partial charge in [-0.3, -0.25) is 0 Å². The van der Waals surface area contributed by atoms with Crippen LogP contribution in [0.15, 0.2) is 4.52 Å². The van der Waals surface area contributed by atoms with Crippen LogP contribution in [0, 0.1) is 0 Å². The number of aromatic nitrogens is 2. The molecular formula is C11H19N3O2. The Labute approximate surface area is 95.3 Å². The Morgan fingerprint density at radius 1 is 1.38 bits per heavy atom. The molecule has 0 aromatic carbocycles. The van der Waals surface area contributed by atoms with Gasteiger partial charge in [0, 0.05) is 6.42 Å². The first-order chi connectivity index (χ1) is 7.53. The van der Waals surface area contributed by atoms with Crippen molar-refractivity contribution in [1.82, 2.24) is 10.1 Å². The van der Waals surface area contributed by atoms with E-state index in [1.165, 1.54) is 0 Å². The summed E-state index contributed by atoms with van der Waals surface area (Å²) in [5.41, 5.74) is 5.86. The number of nitrogens with zero attached hydrogens (tertiary/aromatic N) is 2. The van der Waals surface area contributed by atoms with Crippen molar-refractivity contribution in [2.24, 2.45) is 5.73 Å². The molecule has 1 fully saturated rings. The summed E-state index contributed by atoms with van der Waals surface area (Å²) < 4.78 is 10.8. The lowest BCUT2D eigenvalue weighted by Gasteiger charge is -2.37. The Morgan fingerprint density at radius 2 is 2.00 bits per heavy atom. The Kier molecular flexibility index (Phi) is 2.99. The second-order valence-electron chi connectivity index (χ2n) is 4.69. The third kappa shape index (κ3) is 2.10. The topological polar surface area (TPSA) is 74.2 Å². The maximum atomic E-state index is 6.36. The molecule has 0 aliphatic carbocycles. The van der Waals surface area contributed by atoms with E-state index in [1.807, 2.05) is 20.8 Å². The molecule has 0 bridgehead atoms. The van der Waals surface area contributed by atoms with Gasteiger partial charge >= 0.3 is 0 Å². The van der Waals surface area contributed by atoms with Gasteiger partial charge in [0.25, 0.3) is 0 Å². The smallest absolute Gasteiger partial charge is 0.226 e. The van der Waals surface area contributed by atoms with Gasteiger partial charge in [0.1, 0.15) is 0 Å². The molecule has 1 aromatic rings. The van der Waals surface area contributed by atoms with Crippen LogP contribution in [-0.4, -0.2) is 22.3 Å². The Bertz CT molecular complexity index is 354. The summed E-state index contributed by atoms with van der Waals surface area (Å²) in [5, 5.41) is 3.98. The number of nitrogens with two attached hydrogens (primary N) is 1. The highest BCUT2D eigenvalue weighted by molar-refractivity contribution is 5.07. The third-order valence-electron chi connectivity index (χ3n) is 2.98. The third-order valence-corrected chi connectivity index (χ3v) is 2.98. The van der Waals surface area contributed by atoms with Crippen LogP contribution in [0.25, 0.3) is 0 Å². The molecule has 1 aliphatic heterocycles. The van der Waals surface area contributed by atoms with E-state index in [4.69, 9.17) is 15.0 Å². The highest BCUT2D eigenvalue weighted by Crippen LogP contribution is 2.33. The number of ether oxygens (including phenoxy) is 1. The van der Waals surface area contributed by atoms with Gasteiger partial charge in [0.15, 0.2) is 5.82 Å². The largest absolute Gasteiger partial charge is 0.375 e. The van der Waals surface area contributed by atoms with Gasteiger partial charge in [-0.05, 0) is 26.7 Å². The second-order valence-corrected chi connectivity index (χ2v) is 4.69. The molecule has 0 saturated carbocycles. The standard InChI is InChI=1S/C11H19N3O2/c1-4-9-13-10(14-16-9)11(12)5-7(2)15-8(3)6-11/h7-8H,4-6,12H2,1-3H3. The summed E-state index contributed by atoms with van der Waals surface area (Å²) in [6.07, 6.45) is 2.49. The molecule has 2 N–H and O–H groups in total. The van der Waals surface area contributed by atoms with Gasteiger partial charge in [-0.1, -0.05) is 12.1 Å². The summed E-state index contributed by atoms with van der Waals surface area (Å²) in [7, 11) is 0. The predicted octanol–water partition coefficient (Wildman–Crippen LogP) is 1.37. The van der Waals surface area contributed by atoms with Crippen molar-refractivity contribution >= 4 is 0 Å². The first-order valence-electron chi connectivity index (χ1n) is 5.81. The minimum atomic E-state index is -0.506. The molecule has 5 nitrogen and oxygen atoms in total. The Balaban J connectivity index is 2.23. The summed E-state index contributed by atoms with van der Waals surface area (Å²) in [6.45, 7) is 6.03. The maximum absolute atomic E-state index is 6.36. The first kappa shape index (κ1) is 11.5. The van der Waals surface area contributed by atoms with Gasteiger partial charge in [-0.15, -0.1) is 0 Å². The van der Waals surface area contributed by atoms with E-state index >= 15 is 0 Å². The van der Waals surface area contributed by atoms with E-state index in [0.717, 1.165) is 19.3 Å². The van der Waals surface area contributed by atoms with E-state index in [2.05, 4.69) is 10.1 Å². The minimum absolute atomic E-state index is 0.136. The van der Waals surface area contributed by atoms with Crippen LogP contribution in [-0.2, 0) is 16.7 Å². The van der Waals surface area contributed by atoms with Gasteiger partial charge in [-0.2, -0.15) is 4.98 Å². The number of hydrogen-bond donors (Lipinski definition) is 1. The summed E-state index contributed by atoms with van der Waals surface area (Å²) in [4.78, 5) is 4.33. The van der Waals surface area contributed by atoms with Crippen LogP contribution in [0.1, 0.15) is 45.3 Å². The summed E-state index contributed by atoms with van der Waals surface area (Å²) >= 11 is 0. The molecule has 2 atom stereocenters. The van der Waals surface area contributed by atoms with E-state index in [1.54, 1.807) is 0 Å².